The molecule has 1 amide bonds. The van der Waals surface area contributed by atoms with Crippen molar-refractivity contribution in [2.45, 2.75) is 45.6 Å². The van der Waals surface area contributed by atoms with Gasteiger partial charge in [0.25, 0.3) is 0 Å². The Labute approximate surface area is 103 Å². The number of hydrogen-bond donors (Lipinski definition) is 1. The fraction of sp³-hybridized carbons (Fsp3) is 0.533. The van der Waals surface area contributed by atoms with Crippen LogP contribution in [0.15, 0.2) is 24.3 Å². The average Bonchev–Trinajstić information content (AvgIpc) is 3.09. The average molecular weight is 231 g/mol. The lowest BCUT2D eigenvalue weighted by molar-refractivity contribution is -0.122. The molecule has 2 rings (SSSR count). The zero-order valence-electron chi connectivity index (χ0n) is 10.9. The molecule has 2 nitrogen and oxygen atoms in total. The van der Waals surface area contributed by atoms with Crippen LogP contribution >= 0.6 is 0 Å². The summed E-state index contributed by atoms with van der Waals surface area (Å²) in [4.78, 5) is 11.5. The summed E-state index contributed by atoms with van der Waals surface area (Å²) in [5.74, 6) is 0.508. The zero-order valence-corrected chi connectivity index (χ0v) is 10.9. The van der Waals surface area contributed by atoms with Crippen LogP contribution in [0.3, 0.4) is 0 Å². The molecule has 0 unspecified atom stereocenters. The number of amides is 1. The maximum Gasteiger partial charge on any atom is 0.223 e. The molecule has 2 heteroatoms. The Morgan fingerprint density at radius 1 is 1.24 bits per heavy atom. The van der Waals surface area contributed by atoms with E-state index < -0.39 is 0 Å². The van der Waals surface area contributed by atoms with Gasteiger partial charge in [-0.15, -0.1) is 0 Å². The summed E-state index contributed by atoms with van der Waals surface area (Å²) >= 11 is 0. The van der Waals surface area contributed by atoms with Crippen molar-refractivity contribution in [3.05, 3.63) is 35.4 Å². The summed E-state index contributed by atoms with van der Waals surface area (Å²) in [5, 5.41) is 2.98. The van der Waals surface area contributed by atoms with Crippen LogP contribution in [0, 0.1) is 5.92 Å². The second-order valence-corrected chi connectivity index (χ2v) is 5.94. The molecule has 0 radical (unpaired) electrons. The standard InChI is InChI=1S/C15H21NO/c1-15(2,3)13-8-4-11(5-9-13)10-16-14(17)12-6-7-12/h4-5,8-9,12H,6-7,10H2,1-3H3,(H,16,17). The molecule has 0 aromatic heterocycles. The van der Waals surface area contributed by atoms with Gasteiger partial charge >= 0.3 is 0 Å². The Morgan fingerprint density at radius 3 is 2.29 bits per heavy atom. The summed E-state index contributed by atoms with van der Waals surface area (Å²) in [7, 11) is 0. The van der Waals surface area contributed by atoms with E-state index >= 15 is 0 Å². The number of carbonyl (C=O) groups is 1. The second kappa shape index (κ2) is 4.52. The number of carbonyl (C=O) groups excluding carboxylic acids is 1. The molecule has 1 aromatic carbocycles. The van der Waals surface area contributed by atoms with E-state index in [1.54, 1.807) is 0 Å². The van der Waals surface area contributed by atoms with Gasteiger partial charge in [-0.05, 0) is 29.4 Å². The van der Waals surface area contributed by atoms with Gasteiger partial charge in [0, 0.05) is 12.5 Å². The highest BCUT2D eigenvalue weighted by Gasteiger charge is 2.29. The first kappa shape index (κ1) is 12.2. The van der Waals surface area contributed by atoms with Crippen LogP contribution in [-0.2, 0) is 16.8 Å². The van der Waals surface area contributed by atoms with E-state index in [0.29, 0.717) is 12.5 Å². The first-order chi connectivity index (χ1) is 7.97. The topological polar surface area (TPSA) is 29.1 Å². The highest BCUT2D eigenvalue weighted by atomic mass is 16.2. The molecule has 1 fully saturated rings. The molecular formula is C15H21NO. The van der Waals surface area contributed by atoms with Gasteiger partial charge in [0.2, 0.25) is 5.91 Å². The molecule has 0 atom stereocenters. The number of rotatable bonds is 3. The molecule has 92 valence electrons. The molecule has 0 bridgehead atoms. The van der Waals surface area contributed by atoms with E-state index in [9.17, 15) is 4.79 Å². The van der Waals surface area contributed by atoms with Crippen LogP contribution in [0.4, 0.5) is 0 Å². The molecule has 0 spiro atoms. The minimum Gasteiger partial charge on any atom is -0.352 e. The van der Waals surface area contributed by atoms with E-state index in [1.165, 1.54) is 11.1 Å². The van der Waals surface area contributed by atoms with E-state index in [0.717, 1.165) is 12.8 Å². The SMILES string of the molecule is CC(C)(C)c1ccc(CNC(=O)C2CC2)cc1. The molecule has 1 saturated carbocycles. The Hall–Kier alpha value is -1.31. The molecule has 1 aliphatic rings. The van der Waals surface area contributed by atoms with Gasteiger partial charge in [-0.25, -0.2) is 0 Å². The lowest BCUT2D eigenvalue weighted by Crippen LogP contribution is -2.24. The summed E-state index contributed by atoms with van der Waals surface area (Å²) in [6.07, 6.45) is 2.13. The third-order valence-electron chi connectivity index (χ3n) is 3.23. The fourth-order valence-corrected chi connectivity index (χ4v) is 1.80. The van der Waals surface area contributed by atoms with Gasteiger partial charge in [0.15, 0.2) is 0 Å². The van der Waals surface area contributed by atoms with Crippen LogP contribution < -0.4 is 5.32 Å². The monoisotopic (exact) mass is 231 g/mol. The highest BCUT2D eigenvalue weighted by molar-refractivity contribution is 5.80. The Kier molecular flexibility index (Phi) is 3.23. The molecule has 1 aromatic rings. The minimum absolute atomic E-state index is 0.190. The molecule has 17 heavy (non-hydrogen) atoms. The number of hydrogen-bond acceptors (Lipinski definition) is 1. The third-order valence-corrected chi connectivity index (χ3v) is 3.23. The van der Waals surface area contributed by atoms with Crippen LogP contribution in [0.25, 0.3) is 0 Å². The van der Waals surface area contributed by atoms with Gasteiger partial charge in [0.1, 0.15) is 0 Å². The molecular weight excluding hydrogens is 210 g/mol. The van der Waals surface area contributed by atoms with Crippen molar-refractivity contribution in [1.29, 1.82) is 0 Å². The van der Waals surface area contributed by atoms with E-state index in [2.05, 4.69) is 50.4 Å². The predicted octanol–water partition coefficient (Wildman–Crippen LogP) is 3.01. The summed E-state index contributed by atoms with van der Waals surface area (Å²) in [6, 6.07) is 8.51. The summed E-state index contributed by atoms with van der Waals surface area (Å²) in [6.45, 7) is 7.27. The fourth-order valence-electron chi connectivity index (χ4n) is 1.80. The van der Waals surface area contributed by atoms with Crippen molar-refractivity contribution in [2.24, 2.45) is 5.92 Å². The quantitative estimate of drug-likeness (QED) is 0.851. The van der Waals surface area contributed by atoms with Crippen molar-refractivity contribution in [1.82, 2.24) is 5.32 Å². The Balaban J connectivity index is 1.91. The normalized spacial score (nSPS) is 15.7. The number of benzene rings is 1. The second-order valence-electron chi connectivity index (χ2n) is 5.94. The van der Waals surface area contributed by atoms with Gasteiger partial charge in [0.05, 0.1) is 0 Å². The lowest BCUT2D eigenvalue weighted by atomic mass is 9.87. The molecule has 0 heterocycles. The smallest absolute Gasteiger partial charge is 0.223 e. The van der Waals surface area contributed by atoms with E-state index in [1.807, 2.05) is 0 Å². The van der Waals surface area contributed by atoms with E-state index in [-0.39, 0.29) is 11.3 Å². The Bertz CT molecular complexity index is 396. The van der Waals surface area contributed by atoms with Gasteiger partial charge < -0.3 is 5.32 Å². The Morgan fingerprint density at radius 2 is 1.82 bits per heavy atom. The summed E-state index contributed by atoms with van der Waals surface area (Å²) < 4.78 is 0. The maximum absolute atomic E-state index is 11.5. The predicted molar refractivity (Wildman–Crippen MR) is 69.7 cm³/mol. The van der Waals surface area contributed by atoms with E-state index in [4.69, 9.17) is 0 Å². The van der Waals surface area contributed by atoms with Crippen molar-refractivity contribution in [3.8, 4) is 0 Å². The highest BCUT2D eigenvalue weighted by Crippen LogP contribution is 2.28. The van der Waals surface area contributed by atoms with Crippen molar-refractivity contribution >= 4 is 5.91 Å². The molecule has 0 saturated heterocycles. The lowest BCUT2D eigenvalue weighted by Gasteiger charge is -2.19. The van der Waals surface area contributed by atoms with Crippen LogP contribution in [0.2, 0.25) is 0 Å². The first-order valence-corrected chi connectivity index (χ1v) is 6.34. The van der Waals surface area contributed by atoms with Crippen molar-refractivity contribution in [3.63, 3.8) is 0 Å². The molecule has 1 aliphatic carbocycles. The number of nitrogens with one attached hydrogen (secondary N) is 1. The van der Waals surface area contributed by atoms with Crippen LogP contribution in [0.1, 0.15) is 44.7 Å². The van der Waals surface area contributed by atoms with Gasteiger partial charge in [-0.3, -0.25) is 4.79 Å². The zero-order chi connectivity index (χ0) is 12.5. The van der Waals surface area contributed by atoms with Crippen LogP contribution in [0.5, 0.6) is 0 Å². The third kappa shape index (κ3) is 3.32. The van der Waals surface area contributed by atoms with Crippen molar-refractivity contribution in [2.75, 3.05) is 0 Å². The van der Waals surface area contributed by atoms with Crippen molar-refractivity contribution < 1.29 is 4.79 Å². The maximum atomic E-state index is 11.5. The van der Waals surface area contributed by atoms with Gasteiger partial charge in [-0.1, -0.05) is 45.0 Å². The molecule has 1 N–H and O–H groups in total. The first-order valence-electron chi connectivity index (χ1n) is 6.34. The largest absolute Gasteiger partial charge is 0.352 e. The van der Waals surface area contributed by atoms with Gasteiger partial charge in [-0.2, -0.15) is 0 Å². The minimum atomic E-state index is 0.190. The van der Waals surface area contributed by atoms with Crippen LogP contribution in [-0.4, -0.2) is 5.91 Å². The summed E-state index contributed by atoms with van der Waals surface area (Å²) in [5.41, 5.74) is 2.69. The molecule has 0 aliphatic heterocycles.